The second-order valence-electron chi connectivity index (χ2n) is 15.8. The van der Waals surface area contributed by atoms with E-state index in [4.69, 9.17) is 28.9 Å². The summed E-state index contributed by atoms with van der Waals surface area (Å²) in [6.07, 6.45) is 6.05. The molecule has 16 heteroatoms. The van der Waals surface area contributed by atoms with E-state index in [1.807, 2.05) is 82.9 Å². The molecule has 5 aliphatic heterocycles. The van der Waals surface area contributed by atoms with Crippen LogP contribution in [0.3, 0.4) is 0 Å². The van der Waals surface area contributed by atoms with E-state index in [2.05, 4.69) is 54.7 Å². The molecule has 10 rings (SSSR count). The van der Waals surface area contributed by atoms with E-state index in [1.165, 1.54) is 0 Å². The number of H-pyrrole nitrogens is 2. The number of nitrogens with one attached hydrogen (secondary N) is 4. The van der Waals surface area contributed by atoms with Gasteiger partial charge in [-0.05, 0) is 54.5 Å². The molecule has 312 valence electrons. The Balaban J connectivity index is 0.754. The third-order valence-corrected chi connectivity index (χ3v) is 12.3. The molecule has 3 aromatic carbocycles. The van der Waals surface area contributed by atoms with Crippen molar-refractivity contribution in [3.8, 4) is 11.3 Å². The maximum absolute atomic E-state index is 14.0. The van der Waals surface area contributed by atoms with Crippen molar-refractivity contribution < 1.29 is 28.5 Å². The molecule has 0 bridgehead atoms. The summed E-state index contributed by atoms with van der Waals surface area (Å²) in [7, 11) is 0. The van der Waals surface area contributed by atoms with Crippen molar-refractivity contribution in [3.05, 3.63) is 120 Å². The van der Waals surface area contributed by atoms with Crippen LogP contribution in [0.25, 0.3) is 11.3 Å². The van der Waals surface area contributed by atoms with Gasteiger partial charge in [0.1, 0.15) is 29.6 Å². The SMILES string of the molecule is O=C([C@H](NC1OCO1)c1ccccc1)N1CCCC1c1ncc(-c2ccc(N3CCN(c4cnc([C@@H]5CCCN5C(=O)[C@H](NC5OCO5)c5ccccc5)[nH]4)CC3)cc2)[nH]1. The number of rotatable bonds is 13. The standard InChI is InChI=1S/C44H50N10O6/c55-41(37(49-43-57-27-58-43)30-9-3-1-4-10-30)53-19-7-13-34(53)39-45-25-33(47-39)29-15-17-32(18-16-29)51-21-23-52(24-22-51)36-26-46-40(48-36)35-14-8-20-54(35)42(56)38(50-44-59-28-60-44)31-11-5-2-6-12-31/h1-6,9-12,15-18,25-26,34-35,37-38,43-44,49-50H,7-8,13-14,19-24,27-28H2,(H,45,47)(H,46,48)/t34?,35-,37+,38+/m0/s1. The summed E-state index contributed by atoms with van der Waals surface area (Å²) in [4.78, 5) is 53.4. The fourth-order valence-electron chi connectivity index (χ4n) is 8.98. The third-order valence-electron chi connectivity index (χ3n) is 12.3. The molecule has 2 aromatic heterocycles. The minimum absolute atomic E-state index is 0.0162. The van der Waals surface area contributed by atoms with E-state index in [-0.39, 0.29) is 37.5 Å². The monoisotopic (exact) mass is 814 g/mol. The number of carbonyl (C=O) groups is 2. The lowest BCUT2D eigenvalue weighted by molar-refractivity contribution is -0.335. The second kappa shape index (κ2) is 17.2. The fraction of sp³-hybridized carbons (Fsp3) is 0.409. The molecule has 2 amide bonds. The molecule has 1 unspecified atom stereocenters. The number of likely N-dealkylation sites (tertiary alicyclic amines) is 2. The summed E-state index contributed by atoms with van der Waals surface area (Å²) in [5, 5.41) is 6.46. The molecular formula is C44H50N10O6. The molecule has 16 nitrogen and oxygen atoms in total. The van der Waals surface area contributed by atoms with Gasteiger partial charge in [0.25, 0.3) is 0 Å². The second-order valence-corrected chi connectivity index (χ2v) is 15.8. The minimum atomic E-state index is -0.605. The molecule has 4 atom stereocenters. The van der Waals surface area contributed by atoms with Crippen molar-refractivity contribution in [2.75, 3.05) is 62.7 Å². The van der Waals surface area contributed by atoms with Crippen molar-refractivity contribution in [3.63, 3.8) is 0 Å². The lowest BCUT2D eigenvalue weighted by Crippen LogP contribution is -2.50. The van der Waals surface area contributed by atoms with Gasteiger partial charge in [0.15, 0.2) is 13.6 Å². The van der Waals surface area contributed by atoms with Crippen molar-refractivity contribution in [1.29, 1.82) is 0 Å². The van der Waals surface area contributed by atoms with E-state index < -0.39 is 24.9 Å². The van der Waals surface area contributed by atoms with E-state index >= 15 is 0 Å². The van der Waals surface area contributed by atoms with E-state index in [0.717, 1.165) is 97.4 Å². The molecule has 0 spiro atoms. The number of aromatic amines is 2. The third kappa shape index (κ3) is 7.89. The zero-order valence-corrected chi connectivity index (χ0v) is 33.3. The van der Waals surface area contributed by atoms with Gasteiger partial charge in [-0.15, -0.1) is 0 Å². The summed E-state index contributed by atoms with van der Waals surface area (Å²) in [6.45, 7) is 5.13. The fourth-order valence-corrected chi connectivity index (χ4v) is 8.98. The van der Waals surface area contributed by atoms with Crippen molar-refractivity contribution in [2.45, 2.75) is 62.7 Å². The molecule has 0 saturated carbocycles. The van der Waals surface area contributed by atoms with Crippen LogP contribution >= 0.6 is 0 Å². The summed E-state index contributed by atoms with van der Waals surface area (Å²) < 4.78 is 21.7. The minimum Gasteiger partial charge on any atom is -0.368 e. The van der Waals surface area contributed by atoms with Gasteiger partial charge in [0.05, 0.1) is 30.2 Å². The number of imidazole rings is 2. The summed E-state index contributed by atoms with van der Waals surface area (Å²) in [5.74, 6) is 2.53. The van der Waals surface area contributed by atoms with Crippen LogP contribution in [-0.4, -0.2) is 107 Å². The number of hydrogen-bond donors (Lipinski definition) is 4. The van der Waals surface area contributed by atoms with Gasteiger partial charge < -0.3 is 48.5 Å². The number of anilines is 2. The van der Waals surface area contributed by atoms with Crippen LogP contribution < -0.4 is 20.4 Å². The van der Waals surface area contributed by atoms with E-state index in [1.54, 1.807) is 0 Å². The molecule has 4 N–H and O–H groups in total. The Morgan fingerprint density at radius 3 is 1.62 bits per heavy atom. The smallest absolute Gasteiger partial charge is 0.245 e. The van der Waals surface area contributed by atoms with Gasteiger partial charge in [0.2, 0.25) is 24.6 Å². The van der Waals surface area contributed by atoms with E-state index in [9.17, 15) is 9.59 Å². The Labute approximate surface area is 348 Å². The first-order valence-electron chi connectivity index (χ1n) is 21.0. The first-order chi connectivity index (χ1) is 29.6. The average molecular weight is 815 g/mol. The number of ether oxygens (including phenoxy) is 4. The molecule has 5 fully saturated rings. The Kier molecular flexibility index (Phi) is 11.0. The molecule has 60 heavy (non-hydrogen) atoms. The predicted molar refractivity (Wildman–Crippen MR) is 221 cm³/mol. The average Bonchev–Trinajstić information content (AvgIpc) is 4.11. The van der Waals surface area contributed by atoms with Crippen LogP contribution in [0, 0.1) is 0 Å². The quantitative estimate of drug-likeness (QED) is 0.130. The number of piperazine rings is 1. The molecule has 0 radical (unpaired) electrons. The van der Waals surface area contributed by atoms with Crippen molar-refractivity contribution in [2.24, 2.45) is 0 Å². The number of hydrogen-bond acceptors (Lipinski definition) is 12. The molecule has 7 heterocycles. The predicted octanol–water partition coefficient (Wildman–Crippen LogP) is 4.69. The van der Waals surface area contributed by atoms with Gasteiger partial charge in [-0.1, -0.05) is 72.8 Å². The Bertz CT molecular complexity index is 2220. The molecule has 5 aromatic rings. The van der Waals surface area contributed by atoms with Gasteiger partial charge in [0, 0.05) is 45.0 Å². The Hall–Kier alpha value is -5.62. The highest BCUT2D eigenvalue weighted by Crippen LogP contribution is 2.36. The van der Waals surface area contributed by atoms with Gasteiger partial charge in [-0.2, -0.15) is 0 Å². The van der Waals surface area contributed by atoms with Gasteiger partial charge in [-0.3, -0.25) is 20.2 Å². The maximum Gasteiger partial charge on any atom is 0.245 e. The normalized spacial score (nSPS) is 22.1. The zero-order valence-electron chi connectivity index (χ0n) is 33.3. The highest BCUT2D eigenvalue weighted by molar-refractivity contribution is 5.84. The number of nitrogens with zero attached hydrogens (tertiary/aromatic N) is 6. The van der Waals surface area contributed by atoms with Crippen LogP contribution in [-0.2, 0) is 28.5 Å². The molecule has 5 aliphatic rings. The van der Waals surface area contributed by atoms with E-state index in [0.29, 0.717) is 13.1 Å². The summed E-state index contributed by atoms with van der Waals surface area (Å²) in [6, 6.07) is 26.5. The zero-order chi connectivity index (χ0) is 40.4. The van der Waals surface area contributed by atoms with Crippen LogP contribution in [0.4, 0.5) is 11.5 Å². The topological polar surface area (TPSA) is 165 Å². The number of aromatic nitrogens is 4. The lowest BCUT2D eigenvalue weighted by atomic mass is 10.0. The summed E-state index contributed by atoms with van der Waals surface area (Å²) >= 11 is 0. The van der Waals surface area contributed by atoms with Crippen molar-refractivity contribution in [1.82, 2.24) is 40.4 Å². The maximum atomic E-state index is 14.0. The number of amides is 2. The first-order valence-corrected chi connectivity index (χ1v) is 21.0. The number of carbonyl (C=O) groups excluding carboxylic acids is 2. The Morgan fingerprint density at radius 1 is 0.600 bits per heavy atom. The van der Waals surface area contributed by atoms with Crippen LogP contribution in [0.1, 0.15) is 72.6 Å². The number of benzene rings is 3. The van der Waals surface area contributed by atoms with Gasteiger partial charge in [-0.25, -0.2) is 9.97 Å². The summed E-state index contributed by atoms with van der Waals surface area (Å²) in [5.41, 5.74) is 4.85. The first kappa shape index (κ1) is 38.6. The van der Waals surface area contributed by atoms with Crippen LogP contribution in [0.15, 0.2) is 97.3 Å². The van der Waals surface area contributed by atoms with Crippen LogP contribution in [0.5, 0.6) is 0 Å². The molecular weight excluding hydrogens is 765 g/mol. The highest BCUT2D eigenvalue weighted by atomic mass is 16.9. The van der Waals surface area contributed by atoms with Crippen LogP contribution in [0.2, 0.25) is 0 Å². The molecule has 5 saturated heterocycles. The lowest BCUT2D eigenvalue weighted by Gasteiger charge is -2.36. The highest BCUT2D eigenvalue weighted by Gasteiger charge is 2.40. The Morgan fingerprint density at radius 2 is 1.10 bits per heavy atom. The van der Waals surface area contributed by atoms with Gasteiger partial charge >= 0.3 is 0 Å². The largest absolute Gasteiger partial charge is 0.368 e. The molecule has 0 aliphatic carbocycles. The van der Waals surface area contributed by atoms with Crippen molar-refractivity contribution >= 4 is 23.3 Å².